The van der Waals surface area contributed by atoms with Gasteiger partial charge in [-0.3, -0.25) is 9.59 Å². The van der Waals surface area contributed by atoms with Crippen molar-refractivity contribution in [2.45, 2.75) is 26.3 Å². The Balaban J connectivity index is 1.88. The summed E-state index contributed by atoms with van der Waals surface area (Å²) in [6.07, 6.45) is 0.962. The molecule has 2 amide bonds. The first-order valence-electron chi connectivity index (χ1n) is 8.67. The zero-order valence-electron chi connectivity index (χ0n) is 15.3. The van der Waals surface area contributed by atoms with Crippen molar-refractivity contribution in [2.75, 3.05) is 24.2 Å². The molecule has 0 bridgehead atoms. The maximum absolute atomic E-state index is 12.4. The molecule has 1 unspecified atom stereocenters. The van der Waals surface area contributed by atoms with Gasteiger partial charge in [0, 0.05) is 10.2 Å². The summed E-state index contributed by atoms with van der Waals surface area (Å²) < 4.78 is 0.826. The van der Waals surface area contributed by atoms with E-state index >= 15 is 0 Å². The first-order valence-corrected chi connectivity index (χ1v) is 9.46. The Labute approximate surface area is 162 Å². The van der Waals surface area contributed by atoms with E-state index in [-0.39, 0.29) is 24.4 Å². The molecule has 0 radical (unpaired) electrons. The van der Waals surface area contributed by atoms with E-state index in [0.29, 0.717) is 0 Å². The summed E-state index contributed by atoms with van der Waals surface area (Å²) in [7, 11) is 1.84. The van der Waals surface area contributed by atoms with Crippen LogP contribution in [0.3, 0.4) is 0 Å². The van der Waals surface area contributed by atoms with Gasteiger partial charge in [-0.25, -0.2) is 0 Å². The fourth-order valence-electron chi connectivity index (χ4n) is 2.46. The third kappa shape index (κ3) is 5.68. The van der Waals surface area contributed by atoms with Crippen molar-refractivity contribution in [1.29, 1.82) is 0 Å². The molecule has 0 aliphatic heterocycles. The van der Waals surface area contributed by atoms with Crippen LogP contribution < -0.4 is 15.5 Å². The third-order valence-corrected chi connectivity index (χ3v) is 5.04. The maximum Gasteiger partial charge on any atom is 0.282 e. The van der Waals surface area contributed by atoms with Crippen LogP contribution in [0.4, 0.5) is 11.4 Å². The molecule has 2 aromatic carbocycles. The average molecular weight is 419 g/mol. The summed E-state index contributed by atoms with van der Waals surface area (Å²) >= 11 is 3.40. The SMILES string of the molecule is CCc1ccc(NC(=O)[C@H](C)[NH+](C)CC(=O)Nc2ccccc2Br)cc1. The molecule has 0 fully saturated rings. The Kier molecular flexibility index (Phi) is 7.36. The minimum Gasteiger partial charge on any atom is -0.321 e. The number of benzene rings is 2. The molecule has 0 aliphatic carbocycles. The second-order valence-electron chi connectivity index (χ2n) is 6.31. The smallest absolute Gasteiger partial charge is 0.282 e. The van der Waals surface area contributed by atoms with E-state index in [1.165, 1.54) is 5.56 Å². The lowest BCUT2D eigenvalue weighted by atomic mass is 10.1. The number of hydrogen-bond acceptors (Lipinski definition) is 2. The first-order chi connectivity index (χ1) is 12.4. The minimum absolute atomic E-state index is 0.111. The Bertz CT molecular complexity index is 762. The van der Waals surface area contributed by atoms with Crippen molar-refractivity contribution in [2.24, 2.45) is 0 Å². The predicted octanol–water partition coefficient (Wildman–Crippen LogP) is 2.49. The zero-order valence-corrected chi connectivity index (χ0v) is 16.9. The fourth-order valence-corrected chi connectivity index (χ4v) is 2.85. The van der Waals surface area contributed by atoms with Crippen molar-refractivity contribution < 1.29 is 14.5 Å². The highest BCUT2D eigenvalue weighted by atomic mass is 79.9. The van der Waals surface area contributed by atoms with E-state index in [9.17, 15) is 9.59 Å². The predicted molar refractivity (Wildman–Crippen MR) is 108 cm³/mol. The van der Waals surface area contributed by atoms with E-state index in [2.05, 4.69) is 33.5 Å². The van der Waals surface area contributed by atoms with E-state index in [0.717, 1.165) is 27.2 Å². The van der Waals surface area contributed by atoms with Crippen LogP contribution in [0.2, 0.25) is 0 Å². The highest BCUT2D eigenvalue weighted by Gasteiger charge is 2.24. The number of likely N-dealkylation sites (N-methyl/N-ethyl adjacent to an activating group) is 1. The molecule has 2 rings (SSSR count). The van der Waals surface area contributed by atoms with Gasteiger partial charge in [0.25, 0.3) is 11.8 Å². The Morgan fingerprint density at radius 3 is 2.35 bits per heavy atom. The summed E-state index contributed by atoms with van der Waals surface area (Å²) in [6, 6.07) is 14.9. The van der Waals surface area contributed by atoms with E-state index in [1.54, 1.807) is 0 Å². The number of halogens is 1. The number of anilines is 2. The van der Waals surface area contributed by atoms with Gasteiger partial charge >= 0.3 is 0 Å². The van der Waals surface area contributed by atoms with Crippen LogP contribution in [0.1, 0.15) is 19.4 Å². The van der Waals surface area contributed by atoms with Gasteiger partial charge in [-0.05, 0) is 59.1 Å². The van der Waals surface area contributed by atoms with Gasteiger partial charge in [0.1, 0.15) is 0 Å². The van der Waals surface area contributed by atoms with E-state index in [1.807, 2.05) is 62.5 Å². The Morgan fingerprint density at radius 2 is 1.73 bits per heavy atom. The molecular formula is C20H25BrN3O2+. The third-order valence-electron chi connectivity index (χ3n) is 4.35. The van der Waals surface area contributed by atoms with Gasteiger partial charge in [-0.1, -0.05) is 31.2 Å². The van der Waals surface area contributed by atoms with Crippen molar-refractivity contribution in [3.8, 4) is 0 Å². The van der Waals surface area contributed by atoms with E-state index < -0.39 is 0 Å². The van der Waals surface area contributed by atoms with Crippen molar-refractivity contribution in [3.63, 3.8) is 0 Å². The first kappa shape index (κ1) is 20.1. The molecule has 3 N–H and O–H groups in total. The van der Waals surface area contributed by atoms with Crippen molar-refractivity contribution >= 4 is 39.1 Å². The highest BCUT2D eigenvalue weighted by molar-refractivity contribution is 9.10. The molecule has 0 aliphatic rings. The summed E-state index contributed by atoms with van der Waals surface area (Å²) in [6.45, 7) is 4.11. The molecule has 0 heterocycles. The van der Waals surface area contributed by atoms with Crippen LogP contribution in [0.25, 0.3) is 0 Å². The number of amides is 2. The Morgan fingerprint density at radius 1 is 1.08 bits per heavy atom. The quantitative estimate of drug-likeness (QED) is 0.646. The van der Waals surface area contributed by atoms with Gasteiger partial charge in [-0.2, -0.15) is 0 Å². The molecule has 0 aromatic heterocycles. The normalized spacial score (nSPS) is 12.9. The maximum atomic E-state index is 12.4. The number of rotatable bonds is 7. The fraction of sp³-hybridized carbons (Fsp3) is 0.300. The largest absolute Gasteiger partial charge is 0.321 e. The number of quaternary nitrogens is 1. The van der Waals surface area contributed by atoms with Crippen LogP contribution in [-0.4, -0.2) is 31.4 Å². The monoisotopic (exact) mass is 418 g/mol. The molecule has 5 nitrogen and oxygen atoms in total. The van der Waals surface area contributed by atoms with Crippen LogP contribution >= 0.6 is 15.9 Å². The van der Waals surface area contributed by atoms with Gasteiger partial charge in [0.15, 0.2) is 12.6 Å². The summed E-state index contributed by atoms with van der Waals surface area (Å²) in [5, 5.41) is 5.77. The molecule has 2 atom stereocenters. The highest BCUT2D eigenvalue weighted by Crippen LogP contribution is 2.20. The minimum atomic E-state index is -0.356. The molecule has 6 heteroatoms. The summed E-state index contributed by atoms with van der Waals surface area (Å²) in [4.78, 5) is 25.5. The molecule has 138 valence electrons. The standard InChI is InChI=1S/C20H24BrN3O2/c1-4-15-9-11-16(12-10-15)22-20(26)14(2)24(3)13-19(25)23-18-8-6-5-7-17(18)21/h5-12,14H,4,13H2,1-3H3,(H,22,26)(H,23,25)/p+1/t14-/m0/s1. The van der Waals surface area contributed by atoms with Crippen LogP contribution in [0.5, 0.6) is 0 Å². The lowest BCUT2D eigenvalue weighted by molar-refractivity contribution is -0.885. The molecule has 2 aromatic rings. The molecule has 26 heavy (non-hydrogen) atoms. The van der Waals surface area contributed by atoms with Gasteiger partial charge in [0.2, 0.25) is 0 Å². The number of carbonyl (C=O) groups excluding carboxylic acids is 2. The summed E-state index contributed by atoms with van der Waals surface area (Å²) in [5.74, 6) is -0.248. The van der Waals surface area contributed by atoms with Gasteiger partial charge < -0.3 is 15.5 Å². The lowest BCUT2D eigenvalue weighted by Crippen LogP contribution is -3.14. The molecule has 0 spiro atoms. The number of aryl methyl sites for hydroxylation is 1. The average Bonchev–Trinajstić information content (AvgIpc) is 2.63. The van der Waals surface area contributed by atoms with Gasteiger partial charge in [-0.15, -0.1) is 0 Å². The lowest BCUT2D eigenvalue weighted by Gasteiger charge is -2.21. The van der Waals surface area contributed by atoms with Crippen LogP contribution in [-0.2, 0) is 16.0 Å². The second kappa shape index (κ2) is 9.50. The molecule has 0 saturated heterocycles. The number of para-hydroxylation sites is 1. The topological polar surface area (TPSA) is 62.6 Å². The molecular weight excluding hydrogens is 394 g/mol. The summed E-state index contributed by atoms with van der Waals surface area (Å²) in [5.41, 5.74) is 2.71. The number of hydrogen-bond donors (Lipinski definition) is 3. The Hall–Kier alpha value is -2.18. The zero-order chi connectivity index (χ0) is 19.1. The van der Waals surface area contributed by atoms with Crippen molar-refractivity contribution in [3.05, 3.63) is 58.6 Å². The number of nitrogens with one attached hydrogen (secondary N) is 3. The number of carbonyl (C=O) groups is 2. The van der Waals surface area contributed by atoms with E-state index in [4.69, 9.17) is 0 Å². The van der Waals surface area contributed by atoms with Crippen LogP contribution in [0.15, 0.2) is 53.0 Å². The van der Waals surface area contributed by atoms with Gasteiger partial charge in [0.05, 0.1) is 12.7 Å². The molecule has 0 saturated carbocycles. The second-order valence-corrected chi connectivity index (χ2v) is 7.17. The van der Waals surface area contributed by atoms with Crippen molar-refractivity contribution in [1.82, 2.24) is 0 Å². The van der Waals surface area contributed by atoms with Crippen LogP contribution in [0, 0.1) is 0 Å².